The molecule has 1 aromatic carbocycles. The number of rotatable bonds is 4. The lowest BCUT2D eigenvalue weighted by Gasteiger charge is -2.20. The number of halogens is 2. The molecule has 154 valence electrons. The summed E-state index contributed by atoms with van der Waals surface area (Å²) in [6, 6.07) is 6.31. The van der Waals surface area contributed by atoms with Gasteiger partial charge in [0.05, 0.1) is 19.3 Å². The van der Waals surface area contributed by atoms with Crippen molar-refractivity contribution >= 4 is 11.7 Å². The van der Waals surface area contributed by atoms with Gasteiger partial charge in [-0.1, -0.05) is 6.07 Å². The number of aryl methyl sites for hydroxylation is 1. The molecule has 1 amide bonds. The van der Waals surface area contributed by atoms with Crippen LogP contribution in [0.4, 0.5) is 14.6 Å². The Balaban J connectivity index is 1.51. The topological polar surface area (TPSA) is 103 Å². The number of alkyl halides is 2. The smallest absolute Gasteiger partial charge is 0.351 e. The average Bonchev–Trinajstić information content (AvgIpc) is 3.02. The van der Waals surface area contributed by atoms with E-state index in [1.165, 1.54) is 6.07 Å². The molecule has 2 aliphatic heterocycles. The van der Waals surface area contributed by atoms with E-state index in [0.29, 0.717) is 22.5 Å². The number of carbonyl (C=O) groups is 1. The number of fused-ring (bicyclic) bond motifs is 1. The van der Waals surface area contributed by atoms with Crippen LogP contribution in [0.5, 0.6) is 5.75 Å². The lowest BCUT2D eigenvalue weighted by atomic mass is 10.0. The summed E-state index contributed by atoms with van der Waals surface area (Å²) in [4.78, 5) is 28.3. The lowest BCUT2D eigenvalue weighted by Crippen LogP contribution is -2.35. The van der Waals surface area contributed by atoms with Crippen molar-refractivity contribution in [2.75, 3.05) is 18.5 Å². The van der Waals surface area contributed by atoms with E-state index in [0.717, 1.165) is 24.6 Å². The van der Waals surface area contributed by atoms with Gasteiger partial charge in [0.1, 0.15) is 11.6 Å². The summed E-state index contributed by atoms with van der Waals surface area (Å²) in [5.41, 5.74) is 0.347. The Labute approximate surface area is 164 Å². The van der Waals surface area contributed by atoms with Crippen molar-refractivity contribution < 1.29 is 28.2 Å². The van der Waals surface area contributed by atoms with E-state index in [2.05, 4.69) is 10.3 Å². The van der Waals surface area contributed by atoms with Gasteiger partial charge in [-0.2, -0.15) is 4.98 Å². The molecule has 10 heteroatoms. The van der Waals surface area contributed by atoms with Gasteiger partial charge in [0.15, 0.2) is 0 Å². The molecule has 1 saturated heterocycles. The molecular weight excluding hydrogens is 388 g/mol. The van der Waals surface area contributed by atoms with Crippen LogP contribution in [0, 0.1) is 0 Å². The Bertz CT molecular complexity index is 994. The largest absolute Gasteiger partial charge is 0.493 e. The van der Waals surface area contributed by atoms with Crippen LogP contribution >= 0.6 is 0 Å². The number of amides is 1. The zero-order chi connectivity index (χ0) is 20.6. The summed E-state index contributed by atoms with van der Waals surface area (Å²) in [6.45, 7) is 0.00969. The van der Waals surface area contributed by atoms with Crippen molar-refractivity contribution in [2.45, 2.75) is 37.5 Å². The second kappa shape index (κ2) is 7.53. The van der Waals surface area contributed by atoms with Crippen molar-refractivity contribution in [3.05, 3.63) is 52.1 Å². The minimum Gasteiger partial charge on any atom is -0.493 e. The Hall–Kier alpha value is -2.85. The Kier molecular flexibility index (Phi) is 5.05. The molecule has 0 aliphatic carbocycles. The number of carbonyl (C=O) groups excluding carboxylic acids is 1. The predicted octanol–water partition coefficient (Wildman–Crippen LogP) is 1.74. The molecule has 1 fully saturated rings. The molecule has 0 spiro atoms. The monoisotopic (exact) mass is 407 g/mol. The first kappa shape index (κ1) is 19.5. The second-order valence-electron chi connectivity index (χ2n) is 6.99. The lowest BCUT2D eigenvalue weighted by molar-refractivity contribution is -0.120. The van der Waals surface area contributed by atoms with Gasteiger partial charge in [0, 0.05) is 18.2 Å². The van der Waals surface area contributed by atoms with E-state index < -0.39 is 42.9 Å². The van der Waals surface area contributed by atoms with Crippen molar-refractivity contribution in [3.63, 3.8) is 0 Å². The first-order valence-electron chi connectivity index (χ1n) is 9.18. The highest BCUT2D eigenvalue weighted by molar-refractivity contribution is 6.04. The van der Waals surface area contributed by atoms with Crippen LogP contribution in [-0.2, 0) is 11.2 Å². The van der Waals surface area contributed by atoms with Crippen LogP contribution in [0.2, 0.25) is 0 Å². The van der Waals surface area contributed by atoms with Crippen LogP contribution in [0.1, 0.15) is 35.0 Å². The van der Waals surface area contributed by atoms with Crippen LogP contribution in [0.25, 0.3) is 0 Å². The fraction of sp³-hybridized carbons (Fsp3) is 0.421. The highest BCUT2D eigenvalue weighted by atomic mass is 19.3. The SMILES string of the molecule is O=C(Nc1ccn(C2OC(CO)CC2(F)F)c(=O)n1)c1ccc2c(c1)OCCC2. The van der Waals surface area contributed by atoms with Gasteiger partial charge in [0.2, 0.25) is 6.23 Å². The van der Waals surface area contributed by atoms with E-state index in [1.807, 2.05) is 6.07 Å². The highest BCUT2D eigenvalue weighted by Crippen LogP contribution is 2.41. The molecule has 2 aromatic rings. The van der Waals surface area contributed by atoms with Crippen molar-refractivity contribution in [2.24, 2.45) is 0 Å². The number of hydrogen-bond donors (Lipinski definition) is 2. The summed E-state index contributed by atoms with van der Waals surface area (Å²) in [5, 5.41) is 11.5. The number of hydrogen-bond acceptors (Lipinski definition) is 6. The number of nitrogens with one attached hydrogen (secondary N) is 1. The molecule has 0 bridgehead atoms. The molecule has 2 aliphatic rings. The van der Waals surface area contributed by atoms with Crippen LogP contribution in [-0.4, -0.2) is 45.8 Å². The predicted molar refractivity (Wildman–Crippen MR) is 97.3 cm³/mol. The first-order chi connectivity index (χ1) is 13.9. The maximum absolute atomic E-state index is 14.1. The van der Waals surface area contributed by atoms with Crippen molar-refractivity contribution in [1.82, 2.24) is 9.55 Å². The van der Waals surface area contributed by atoms with E-state index in [9.17, 15) is 18.4 Å². The highest BCUT2D eigenvalue weighted by Gasteiger charge is 2.51. The standard InChI is InChI=1S/C19H19F2N3O5/c20-19(21)9-13(10-25)29-17(19)24-6-5-15(23-18(24)27)22-16(26)12-4-3-11-2-1-7-28-14(11)8-12/h3-6,8,13,17,25H,1-2,7,9-10H2,(H,22,23,26,27). The van der Waals surface area contributed by atoms with Crippen LogP contribution < -0.4 is 15.7 Å². The summed E-state index contributed by atoms with van der Waals surface area (Å²) in [7, 11) is 0. The minimum atomic E-state index is -3.33. The summed E-state index contributed by atoms with van der Waals surface area (Å²) in [5.74, 6) is -3.26. The van der Waals surface area contributed by atoms with Gasteiger partial charge >= 0.3 is 5.69 Å². The average molecular weight is 407 g/mol. The number of benzene rings is 1. The van der Waals surface area contributed by atoms with E-state index in [4.69, 9.17) is 14.6 Å². The molecule has 3 heterocycles. The third-order valence-electron chi connectivity index (χ3n) is 4.89. The van der Waals surface area contributed by atoms with Crippen LogP contribution in [0.15, 0.2) is 35.3 Å². The maximum atomic E-state index is 14.1. The Morgan fingerprint density at radius 1 is 1.38 bits per heavy atom. The molecule has 0 saturated carbocycles. The van der Waals surface area contributed by atoms with Gasteiger partial charge in [-0.3, -0.25) is 9.36 Å². The van der Waals surface area contributed by atoms with Crippen molar-refractivity contribution in [1.29, 1.82) is 0 Å². The molecule has 0 radical (unpaired) electrons. The van der Waals surface area contributed by atoms with Crippen LogP contribution in [0.3, 0.4) is 0 Å². The Morgan fingerprint density at radius 3 is 2.93 bits per heavy atom. The number of nitrogens with zero attached hydrogens (tertiary/aromatic N) is 2. The summed E-state index contributed by atoms with van der Waals surface area (Å²) < 4.78 is 39.4. The molecular formula is C19H19F2N3O5. The normalized spacial score (nSPS) is 22.6. The van der Waals surface area contributed by atoms with E-state index >= 15 is 0 Å². The van der Waals surface area contributed by atoms with Gasteiger partial charge in [-0.05, 0) is 36.6 Å². The number of aliphatic hydroxyl groups is 1. The van der Waals surface area contributed by atoms with Gasteiger partial charge in [-0.25, -0.2) is 13.6 Å². The fourth-order valence-electron chi connectivity index (χ4n) is 3.44. The maximum Gasteiger partial charge on any atom is 0.351 e. The molecule has 29 heavy (non-hydrogen) atoms. The Morgan fingerprint density at radius 2 is 2.21 bits per heavy atom. The first-order valence-corrected chi connectivity index (χ1v) is 9.18. The minimum absolute atomic E-state index is 0.0742. The molecule has 8 nitrogen and oxygen atoms in total. The zero-order valence-corrected chi connectivity index (χ0v) is 15.3. The molecule has 1 aromatic heterocycles. The molecule has 2 atom stereocenters. The zero-order valence-electron chi connectivity index (χ0n) is 15.3. The molecule has 2 unspecified atom stereocenters. The van der Waals surface area contributed by atoms with Gasteiger partial charge in [0.25, 0.3) is 11.8 Å². The summed E-state index contributed by atoms with van der Waals surface area (Å²) >= 11 is 0. The van der Waals surface area contributed by atoms with Gasteiger partial charge < -0.3 is 19.9 Å². The third-order valence-corrected chi connectivity index (χ3v) is 4.89. The van der Waals surface area contributed by atoms with E-state index in [1.54, 1.807) is 12.1 Å². The quantitative estimate of drug-likeness (QED) is 0.800. The van der Waals surface area contributed by atoms with Gasteiger partial charge in [-0.15, -0.1) is 0 Å². The van der Waals surface area contributed by atoms with E-state index in [-0.39, 0.29) is 5.82 Å². The second-order valence-corrected chi connectivity index (χ2v) is 6.99. The fourth-order valence-corrected chi connectivity index (χ4v) is 3.44. The van der Waals surface area contributed by atoms with Crippen molar-refractivity contribution in [3.8, 4) is 5.75 Å². The number of aromatic nitrogens is 2. The number of ether oxygens (including phenoxy) is 2. The third kappa shape index (κ3) is 3.85. The number of anilines is 1. The summed E-state index contributed by atoms with van der Waals surface area (Å²) in [6.07, 6.45) is -0.739. The molecule has 2 N–H and O–H groups in total. The number of aliphatic hydroxyl groups excluding tert-OH is 1. The molecule has 4 rings (SSSR count).